The third kappa shape index (κ3) is 4.13. The molecule has 2 amide bonds. The second-order valence-corrected chi connectivity index (χ2v) is 7.07. The summed E-state index contributed by atoms with van der Waals surface area (Å²) >= 11 is 0. The molecule has 3 saturated carbocycles. The van der Waals surface area contributed by atoms with Crippen LogP contribution in [0.2, 0.25) is 0 Å². The molecule has 2 unspecified atom stereocenters. The Bertz CT molecular complexity index is 367. The summed E-state index contributed by atoms with van der Waals surface area (Å²) in [6, 6.07) is 0.468. The van der Waals surface area contributed by atoms with Gasteiger partial charge < -0.3 is 20.1 Å². The van der Waals surface area contributed by atoms with Gasteiger partial charge >= 0.3 is 6.03 Å². The molecule has 0 spiro atoms. The number of hydrogen-bond acceptors (Lipinski definition) is 3. The van der Waals surface area contributed by atoms with Crippen LogP contribution < -0.4 is 5.32 Å². The molecule has 0 heterocycles. The fourth-order valence-electron chi connectivity index (χ4n) is 3.88. The highest BCUT2D eigenvalue weighted by Gasteiger charge is 2.35. The normalized spacial score (nSPS) is 29.5. The molecular weight excluding hydrogens is 280 g/mol. The fourth-order valence-corrected chi connectivity index (χ4v) is 3.88. The highest BCUT2D eigenvalue weighted by molar-refractivity contribution is 5.75. The van der Waals surface area contributed by atoms with Crippen LogP contribution >= 0.6 is 0 Å². The third-order valence-corrected chi connectivity index (χ3v) is 5.27. The first kappa shape index (κ1) is 16.1. The quantitative estimate of drug-likeness (QED) is 0.792. The Morgan fingerprint density at radius 2 is 1.73 bits per heavy atom. The largest absolute Gasteiger partial charge is 0.395 e. The molecule has 0 radical (unpaired) electrons. The summed E-state index contributed by atoms with van der Waals surface area (Å²) in [7, 11) is 0. The molecule has 0 saturated heterocycles. The van der Waals surface area contributed by atoms with E-state index in [1.807, 2.05) is 0 Å². The minimum atomic E-state index is -0.0107. The van der Waals surface area contributed by atoms with E-state index in [1.54, 1.807) is 4.90 Å². The van der Waals surface area contributed by atoms with E-state index in [-0.39, 0.29) is 24.8 Å². The van der Waals surface area contributed by atoms with E-state index in [4.69, 9.17) is 9.84 Å². The Balaban J connectivity index is 1.54. The van der Waals surface area contributed by atoms with Crippen LogP contribution in [0.1, 0.15) is 64.2 Å². The monoisotopic (exact) mass is 310 g/mol. The van der Waals surface area contributed by atoms with Crippen molar-refractivity contribution in [3.8, 4) is 0 Å². The first-order chi connectivity index (χ1) is 10.8. The lowest BCUT2D eigenvalue weighted by Crippen LogP contribution is -2.52. The molecule has 0 aromatic rings. The highest BCUT2D eigenvalue weighted by atomic mass is 16.5. The smallest absolute Gasteiger partial charge is 0.318 e. The zero-order valence-corrected chi connectivity index (χ0v) is 13.5. The van der Waals surface area contributed by atoms with Crippen LogP contribution in [0.5, 0.6) is 0 Å². The zero-order valence-electron chi connectivity index (χ0n) is 13.5. The highest BCUT2D eigenvalue weighted by Crippen LogP contribution is 2.30. The number of ether oxygens (including phenoxy) is 1. The van der Waals surface area contributed by atoms with Gasteiger partial charge in [-0.1, -0.05) is 25.7 Å². The van der Waals surface area contributed by atoms with Crippen molar-refractivity contribution in [2.45, 2.75) is 88.5 Å². The number of rotatable bonds is 6. The molecule has 3 fully saturated rings. The van der Waals surface area contributed by atoms with Crippen molar-refractivity contribution in [3.63, 3.8) is 0 Å². The summed E-state index contributed by atoms with van der Waals surface area (Å²) < 4.78 is 6.30. The summed E-state index contributed by atoms with van der Waals surface area (Å²) in [6.45, 7) is 0.480. The lowest BCUT2D eigenvalue weighted by Gasteiger charge is -2.35. The topological polar surface area (TPSA) is 61.8 Å². The third-order valence-electron chi connectivity index (χ3n) is 5.27. The first-order valence-electron chi connectivity index (χ1n) is 9.11. The van der Waals surface area contributed by atoms with Gasteiger partial charge in [0.1, 0.15) is 0 Å². The standard InChI is InChI=1S/C17H30N2O3/c20-12-11-19(13-9-10-13)17(21)18-15-7-3-4-8-16(15)22-14-5-1-2-6-14/h13-16,20H,1-12H2,(H,18,21). The summed E-state index contributed by atoms with van der Waals surface area (Å²) in [4.78, 5) is 14.3. The molecule has 0 aliphatic heterocycles. The van der Waals surface area contributed by atoms with Gasteiger partial charge in [-0.25, -0.2) is 4.79 Å². The van der Waals surface area contributed by atoms with Crippen LogP contribution in [-0.2, 0) is 4.74 Å². The maximum absolute atomic E-state index is 12.5. The van der Waals surface area contributed by atoms with Crippen molar-refractivity contribution >= 4 is 6.03 Å². The van der Waals surface area contributed by atoms with Gasteiger partial charge in [-0.2, -0.15) is 0 Å². The van der Waals surface area contributed by atoms with Crippen molar-refractivity contribution < 1.29 is 14.6 Å². The van der Waals surface area contributed by atoms with E-state index in [0.717, 1.165) is 25.7 Å². The molecule has 0 bridgehead atoms. The zero-order chi connectivity index (χ0) is 15.4. The van der Waals surface area contributed by atoms with E-state index < -0.39 is 0 Å². The molecule has 5 heteroatoms. The van der Waals surface area contributed by atoms with Crippen LogP contribution in [-0.4, -0.2) is 53.5 Å². The lowest BCUT2D eigenvalue weighted by atomic mass is 9.92. The van der Waals surface area contributed by atoms with Gasteiger partial charge in [0.2, 0.25) is 0 Å². The molecule has 0 aromatic heterocycles. The number of nitrogens with one attached hydrogen (secondary N) is 1. The SMILES string of the molecule is O=C(NC1CCCCC1OC1CCCC1)N(CCO)C1CC1. The first-order valence-corrected chi connectivity index (χ1v) is 9.11. The van der Waals surface area contributed by atoms with Gasteiger partial charge in [0.05, 0.1) is 24.9 Å². The van der Waals surface area contributed by atoms with E-state index in [1.165, 1.54) is 38.5 Å². The molecule has 22 heavy (non-hydrogen) atoms. The minimum Gasteiger partial charge on any atom is -0.395 e. The lowest BCUT2D eigenvalue weighted by molar-refractivity contribution is -0.0418. The fraction of sp³-hybridized carbons (Fsp3) is 0.941. The van der Waals surface area contributed by atoms with Gasteiger partial charge in [-0.05, 0) is 38.5 Å². The van der Waals surface area contributed by atoms with E-state index in [0.29, 0.717) is 18.7 Å². The second kappa shape index (κ2) is 7.64. The molecule has 126 valence electrons. The Hall–Kier alpha value is -0.810. The summed E-state index contributed by atoms with van der Waals surface area (Å²) in [5.41, 5.74) is 0. The maximum atomic E-state index is 12.5. The molecule has 2 N–H and O–H groups in total. The van der Waals surface area contributed by atoms with Crippen molar-refractivity contribution in [2.75, 3.05) is 13.2 Å². The number of amides is 2. The van der Waals surface area contributed by atoms with Crippen LogP contribution in [0.15, 0.2) is 0 Å². The summed E-state index contributed by atoms with van der Waals surface area (Å²) in [6.07, 6.45) is 12.1. The van der Waals surface area contributed by atoms with Gasteiger partial charge in [0, 0.05) is 12.6 Å². The maximum Gasteiger partial charge on any atom is 0.318 e. The molecule has 3 rings (SSSR count). The average molecular weight is 310 g/mol. The number of carbonyl (C=O) groups excluding carboxylic acids is 1. The van der Waals surface area contributed by atoms with Crippen molar-refractivity contribution in [1.29, 1.82) is 0 Å². The Morgan fingerprint density at radius 3 is 2.41 bits per heavy atom. The predicted molar refractivity (Wildman–Crippen MR) is 84.7 cm³/mol. The van der Waals surface area contributed by atoms with Crippen molar-refractivity contribution in [3.05, 3.63) is 0 Å². The number of aliphatic hydroxyl groups excluding tert-OH is 1. The van der Waals surface area contributed by atoms with Crippen molar-refractivity contribution in [2.24, 2.45) is 0 Å². The van der Waals surface area contributed by atoms with Crippen LogP contribution in [0, 0.1) is 0 Å². The Morgan fingerprint density at radius 1 is 1.05 bits per heavy atom. The number of hydrogen-bond donors (Lipinski definition) is 2. The van der Waals surface area contributed by atoms with Crippen LogP contribution in [0.3, 0.4) is 0 Å². The number of carbonyl (C=O) groups is 1. The molecule has 0 aromatic carbocycles. The van der Waals surface area contributed by atoms with Gasteiger partial charge in [0.15, 0.2) is 0 Å². The molecule has 3 aliphatic rings. The van der Waals surface area contributed by atoms with E-state index in [2.05, 4.69) is 5.32 Å². The number of aliphatic hydroxyl groups is 1. The van der Waals surface area contributed by atoms with Crippen LogP contribution in [0.4, 0.5) is 4.79 Å². The molecular formula is C17H30N2O3. The average Bonchev–Trinajstić information content (AvgIpc) is 3.23. The van der Waals surface area contributed by atoms with Gasteiger partial charge in [-0.15, -0.1) is 0 Å². The summed E-state index contributed by atoms with van der Waals surface area (Å²) in [5.74, 6) is 0. The number of nitrogens with zero attached hydrogens (tertiary/aromatic N) is 1. The van der Waals surface area contributed by atoms with Gasteiger partial charge in [-0.3, -0.25) is 0 Å². The van der Waals surface area contributed by atoms with Gasteiger partial charge in [0.25, 0.3) is 0 Å². The molecule has 2 atom stereocenters. The molecule has 5 nitrogen and oxygen atoms in total. The van der Waals surface area contributed by atoms with Crippen LogP contribution in [0.25, 0.3) is 0 Å². The van der Waals surface area contributed by atoms with E-state index >= 15 is 0 Å². The minimum absolute atomic E-state index is 0.0107. The van der Waals surface area contributed by atoms with Crippen molar-refractivity contribution in [1.82, 2.24) is 10.2 Å². The molecule has 3 aliphatic carbocycles. The second-order valence-electron chi connectivity index (χ2n) is 7.07. The Kier molecular flexibility index (Phi) is 5.58. The van der Waals surface area contributed by atoms with E-state index in [9.17, 15) is 4.79 Å². The summed E-state index contributed by atoms with van der Waals surface area (Å²) in [5, 5.41) is 12.4. The number of urea groups is 1. The predicted octanol–water partition coefficient (Wildman–Crippen LogP) is 2.42. The Labute approximate surface area is 133 Å².